The van der Waals surface area contributed by atoms with Gasteiger partial charge in [0, 0.05) is 19.1 Å². The van der Waals surface area contributed by atoms with Crippen LogP contribution in [0.15, 0.2) is 0 Å². The lowest BCUT2D eigenvalue weighted by atomic mass is 9.67. The van der Waals surface area contributed by atoms with Gasteiger partial charge in [-0.15, -0.1) is 0 Å². The van der Waals surface area contributed by atoms with Crippen molar-refractivity contribution in [1.29, 1.82) is 0 Å². The van der Waals surface area contributed by atoms with Crippen LogP contribution >= 0.6 is 0 Å². The molecule has 0 aromatic carbocycles. The summed E-state index contributed by atoms with van der Waals surface area (Å²) in [5.41, 5.74) is 6.02. The predicted molar refractivity (Wildman–Crippen MR) is 48.5 cm³/mol. The molecule has 1 atom stereocenters. The monoisotopic (exact) mass is 156 g/mol. The third kappa shape index (κ3) is 1.74. The summed E-state index contributed by atoms with van der Waals surface area (Å²) in [5, 5.41) is 0. The smallest absolute Gasteiger partial charge is 0.0144 e. The number of nitrogens with zero attached hydrogens (tertiary/aromatic N) is 1. The van der Waals surface area contributed by atoms with Gasteiger partial charge in [-0.05, 0) is 25.3 Å². The predicted octanol–water partition coefficient (Wildman–Crippen LogP) is 1.07. The average Bonchev–Trinajstić information content (AvgIpc) is 1.86. The topological polar surface area (TPSA) is 29.3 Å². The van der Waals surface area contributed by atoms with Gasteiger partial charge in [0.15, 0.2) is 0 Å². The first-order chi connectivity index (χ1) is 5.08. The molecule has 2 heteroatoms. The fourth-order valence-corrected chi connectivity index (χ4v) is 2.03. The Morgan fingerprint density at radius 1 is 1.55 bits per heavy atom. The third-order valence-electron chi connectivity index (χ3n) is 2.98. The summed E-state index contributed by atoms with van der Waals surface area (Å²) in [6, 6.07) is 0.769. The van der Waals surface area contributed by atoms with E-state index in [4.69, 9.17) is 5.73 Å². The molecule has 0 aromatic heterocycles. The Labute approximate surface area is 69.8 Å². The molecule has 0 spiro atoms. The van der Waals surface area contributed by atoms with E-state index >= 15 is 0 Å². The molecule has 0 amide bonds. The van der Waals surface area contributed by atoms with Crippen LogP contribution in [0.4, 0.5) is 0 Å². The van der Waals surface area contributed by atoms with Crippen LogP contribution in [0.25, 0.3) is 0 Å². The van der Waals surface area contributed by atoms with Gasteiger partial charge >= 0.3 is 0 Å². The lowest BCUT2D eigenvalue weighted by Gasteiger charge is -2.49. The molecule has 66 valence electrons. The van der Waals surface area contributed by atoms with Crippen molar-refractivity contribution < 1.29 is 0 Å². The van der Waals surface area contributed by atoms with Gasteiger partial charge < -0.3 is 10.6 Å². The fraction of sp³-hybridized carbons (Fsp3) is 1.00. The van der Waals surface area contributed by atoms with E-state index in [1.54, 1.807) is 0 Å². The molecular formula is C9H20N2. The molecule has 1 rings (SSSR count). The summed E-state index contributed by atoms with van der Waals surface area (Å²) in [5.74, 6) is 0. The molecule has 11 heavy (non-hydrogen) atoms. The van der Waals surface area contributed by atoms with Crippen LogP contribution in [0.5, 0.6) is 0 Å². The van der Waals surface area contributed by atoms with Gasteiger partial charge in [0.05, 0.1) is 0 Å². The number of hydrogen-bond acceptors (Lipinski definition) is 2. The molecule has 0 aromatic rings. The van der Waals surface area contributed by atoms with Crippen molar-refractivity contribution in [3.05, 3.63) is 0 Å². The maximum Gasteiger partial charge on any atom is 0.0144 e. The number of rotatable bonds is 3. The highest BCUT2D eigenvalue weighted by molar-refractivity contribution is 4.94. The summed E-state index contributed by atoms with van der Waals surface area (Å²) in [6.07, 6.45) is 2.72. The molecule has 0 aliphatic heterocycles. The minimum absolute atomic E-state index is 0.532. The van der Waals surface area contributed by atoms with Crippen molar-refractivity contribution in [3.63, 3.8) is 0 Å². The van der Waals surface area contributed by atoms with Crippen LogP contribution in [0.1, 0.15) is 26.7 Å². The molecule has 0 heterocycles. The quantitative estimate of drug-likeness (QED) is 0.662. The lowest BCUT2D eigenvalue weighted by molar-refractivity contribution is 0.0179. The maximum absolute atomic E-state index is 5.49. The summed E-state index contributed by atoms with van der Waals surface area (Å²) in [7, 11) is 2.18. The van der Waals surface area contributed by atoms with E-state index in [-0.39, 0.29) is 0 Å². The normalized spacial score (nSPS) is 28.6. The number of likely N-dealkylation sites (N-methyl/N-ethyl adjacent to an activating group) is 1. The van der Waals surface area contributed by atoms with Gasteiger partial charge in [-0.25, -0.2) is 0 Å². The highest BCUT2D eigenvalue weighted by Gasteiger charge is 2.40. The van der Waals surface area contributed by atoms with Gasteiger partial charge in [0.1, 0.15) is 0 Å². The standard InChI is InChI=1S/C9H20N2/c1-9(2)5-4-8(9)11(3)7-6-10/h8H,4-7,10H2,1-3H3. The van der Waals surface area contributed by atoms with Crippen LogP contribution in [-0.2, 0) is 0 Å². The molecule has 1 aliphatic carbocycles. The Bertz CT molecular complexity index is 132. The fourth-order valence-electron chi connectivity index (χ4n) is 2.03. The first-order valence-electron chi connectivity index (χ1n) is 4.48. The molecule has 2 N–H and O–H groups in total. The van der Waals surface area contributed by atoms with E-state index < -0.39 is 0 Å². The summed E-state index contributed by atoms with van der Waals surface area (Å²) in [6.45, 7) is 6.50. The highest BCUT2D eigenvalue weighted by atomic mass is 15.2. The van der Waals surface area contributed by atoms with Crippen molar-refractivity contribution in [2.75, 3.05) is 20.1 Å². The molecule has 0 bridgehead atoms. The van der Waals surface area contributed by atoms with Crippen LogP contribution in [-0.4, -0.2) is 31.1 Å². The van der Waals surface area contributed by atoms with Crippen LogP contribution in [0.2, 0.25) is 0 Å². The van der Waals surface area contributed by atoms with Crippen molar-refractivity contribution in [3.8, 4) is 0 Å². The Morgan fingerprint density at radius 2 is 2.18 bits per heavy atom. The van der Waals surface area contributed by atoms with Crippen molar-refractivity contribution >= 4 is 0 Å². The van der Waals surface area contributed by atoms with Crippen molar-refractivity contribution in [2.24, 2.45) is 11.1 Å². The maximum atomic E-state index is 5.49. The molecule has 1 unspecified atom stereocenters. The van der Waals surface area contributed by atoms with Gasteiger partial charge in [-0.3, -0.25) is 0 Å². The van der Waals surface area contributed by atoms with Crippen LogP contribution in [0.3, 0.4) is 0 Å². The molecule has 1 aliphatic rings. The number of nitrogens with two attached hydrogens (primary N) is 1. The average molecular weight is 156 g/mol. The van der Waals surface area contributed by atoms with E-state index in [2.05, 4.69) is 25.8 Å². The van der Waals surface area contributed by atoms with Crippen molar-refractivity contribution in [2.45, 2.75) is 32.7 Å². The Balaban J connectivity index is 2.36. The Morgan fingerprint density at radius 3 is 2.45 bits per heavy atom. The molecule has 2 nitrogen and oxygen atoms in total. The van der Waals surface area contributed by atoms with Crippen LogP contribution < -0.4 is 5.73 Å². The highest BCUT2D eigenvalue weighted by Crippen LogP contribution is 2.42. The molecule has 0 radical (unpaired) electrons. The van der Waals surface area contributed by atoms with E-state index in [0.29, 0.717) is 5.41 Å². The van der Waals surface area contributed by atoms with Gasteiger partial charge in [0.2, 0.25) is 0 Å². The van der Waals surface area contributed by atoms with Crippen molar-refractivity contribution in [1.82, 2.24) is 4.90 Å². The second kappa shape index (κ2) is 3.11. The van der Waals surface area contributed by atoms with Gasteiger partial charge in [0.25, 0.3) is 0 Å². The molecular weight excluding hydrogens is 136 g/mol. The van der Waals surface area contributed by atoms with E-state index in [1.165, 1.54) is 12.8 Å². The molecule has 1 fully saturated rings. The SMILES string of the molecule is CN(CCN)C1CCC1(C)C. The van der Waals surface area contributed by atoms with Crippen LogP contribution in [0, 0.1) is 5.41 Å². The zero-order valence-electron chi connectivity index (χ0n) is 7.93. The molecule has 0 saturated heterocycles. The van der Waals surface area contributed by atoms with Gasteiger partial charge in [-0.1, -0.05) is 13.8 Å². The zero-order chi connectivity index (χ0) is 8.48. The largest absolute Gasteiger partial charge is 0.329 e. The lowest BCUT2D eigenvalue weighted by Crippen LogP contribution is -2.51. The summed E-state index contributed by atoms with van der Waals surface area (Å²) >= 11 is 0. The van der Waals surface area contributed by atoms with E-state index in [1.807, 2.05) is 0 Å². The third-order valence-corrected chi connectivity index (χ3v) is 2.98. The summed E-state index contributed by atoms with van der Waals surface area (Å²) < 4.78 is 0. The van der Waals surface area contributed by atoms with Gasteiger partial charge in [-0.2, -0.15) is 0 Å². The zero-order valence-corrected chi connectivity index (χ0v) is 7.93. The van der Waals surface area contributed by atoms with E-state index in [9.17, 15) is 0 Å². The minimum Gasteiger partial charge on any atom is -0.329 e. The summed E-state index contributed by atoms with van der Waals surface area (Å²) in [4.78, 5) is 2.39. The Kier molecular flexibility index (Phi) is 2.55. The second-order valence-corrected chi connectivity index (χ2v) is 4.31. The Hall–Kier alpha value is -0.0800. The molecule has 1 saturated carbocycles. The first kappa shape index (κ1) is 9.01. The minimum atomic E-state index is 0.532. The first-order valence-corrected chi connectivity index (χ1v) is 4.48. The number of hydrogen-bond donors (Lipinski definition) is 1. The second-order valence-electron chi connectivity index (χ2n) is 4.31. The van der Waals surface area contributed by atoms with E-state index in [0.717, 1.165) is 19.1 Å².